The average molecular weight is 348 g/mol. The molecule has 1 N–H and O–H groups in total. The van der Waals surface area contributed by atoms with Crippen molar-refractivity contribution in [3.05, 3.63) is 77.7 Å². The number of Topliss-reactive ketones (excluding diaryl/α,β-unsaturated/α-hetero) is 1. The zero-order chi connectivity index (χ0) is 18.1. The van der Waals surface area contributed by atoms with Gasteiger partial charge in [0, 0.05) is 30.2 Å². The van der Waals surface area contributed by atoms with Crippen molar-refractivity contribution in [2.24, 2.45) is 0 Å². The van der Waals surface area contributed by atoms with Gasteiger partial charge in [-0.1, -0.05) is 36.4 Å². The summed E-state index contributed by atoms with van der Waals surface area (Å²) in [4.78, 5) is 29.8. The van der Waals surface area contributed by atoms with Gasteiger partial charge in [-0.2, -0.15) is 0 Å². The number of halogens is 1. The van der Waals surface area contributed by atoms with E-state index in [1.807, 2.05) is 30.3 Å². The SMILES string of the molecule is O=C(C(=O)N1CC=C(c2ccc(F)cc2)CC1)c1c[nH]c2ccccc12. The second kappa shape index (κ2) is 6.59. The van der Waals surface area contributed by atoms with Gasteiger partial charge >= 0.3 is 0 Å². The number of H-pyrrole nitrogens is 1. The molecule has 0 aliphatic carbocycles. The monoisotopic (exact) mass is 348 g/mol. The fraction of sp³-hybridized carbons (Fsp3) is 0.143. The highest BCUT2D eigenvalue weighted by molar-refractivity contribution is 6.44. The van der Waals surface area contributed by atoms with E-state index in [2.05, 4.69) is 4.98 Å². The smallest absolute Gasteiger partial charge is 0.295 e. The molecule has 0 spiro atoms. The van der Waals surface area contributed by atoms with Gasteiger partial charge in [-0.25, -0.2) is 4.39 Å². The van der Waals surface area contributed by atoms with Gasteiger partial charge in [-0.15, -0.1) is 0 Å². The highest BCUT2D eigenvalue weighted by Gasteiger charge is 2.26. The van der Waals surface area contributed by atoms with Gasteiger partial charge in [0.05, 0.1) is 5.56 Å². The lowest BCUT2D eigenvalue weighted by Crippen LogP contribution is -2.39. The number of amides is 1. The van der Waals surface area contributed by atoms with Gasteiger partial charge in [0.1, 0.15) is 5.82 Å². The Morgan fingerprint density at radius 1 is 1.04 bits per heavy atom. The standard InChI is InChI=1S/C21H17FN2O2/c22-16-7-5-14(6-8-16)15-9-11-24(12-10-15)21(26)20(25)18-13-23-19-4-2-1-3-17(18)19/h1-9,13,23H,10-12H2. The number of aromatic nitrogens is 1. The van der Waals surface area contributed by atoms with Gasteiger partial charge in [-0.05, 0) is 35.8 Å². The van der Waals surface area contributed by atoms with Crippen LogP contribution in [0.1, 0.15) is 22.3 Å². The number of nitrogens with zero attached hydrogens (tertiary/aromatic N) is 1. The summed E-state index contributed by atoms with van der Waals surface area (Å²) >= 11 is 0. The number of ketones is 1. The van der Waals surface area contributed by atoms with Crippen molar-refractivity contribution >= 4 is 28.2 Å². The van der Waals surface area contributed by atoms with Gasteiger partial charge in [0.25, 0.3) is 11.7 Å². The first kappa shape index (κ1) is 16.3. The predicted molar refractivity (Wildman–Crippen MR) is 98.2 cm³/mol. The summed E-state index contributed by atoms with van der Waals surface area (Å²) in [6, 6.07) is 13.7. The minimum atomic E-state index is -0.499. The summed E-state index contributed by atoms with van der Waals surface area (Å²) in [6.07, 6.45) is 4.16. The second-order valence-electron chi connectivity index (χ2n) is 6.31. The highest BCUT2D eigenvalue weighted by atomic mass is 19.1. The van der Waals surface area contributed by atoms with Crippen molar-refractivity contribution in [1.29, 1.82) is 0 Å². The van der Waals surface area contributed by atoms with E-state index in [-0.39, 0.29) is 5.82 Å². The molecule has 2 heterocycles. The lowest BCUT2D eigenvalue weighted by Gasteiger charge is -2.26. The number of hydrogen-bond acceptors (Lipinski definition) is 2. The van der Waals surface area contributed by atoms with E-state index >= 15 is 0 Å². The minimum absolute atomic E-state index is 0.272. The molecule has 1 amide bonds. The molecule has 0 saturated heterocycles. The van der Waals surface area contributed by atoms with Crippen molar-refractivity contribution in [1.82, 2.24) is 9.88 Å². The Kier molecular flexibility index (Phi) is 4.13. The molecular formula is C21H17FN2O2. The lowest BCUT2D eigenvalue weighted by atomic mass is 9.99. The van der Waals surface area contributed by atoms with Crippen LogP contribution in [0.5, 0.6) is 0 Å². The van der Waals surface area contributed by atoms with E-state index < -0.39 is 11.7 Å². The molecule has 5 heteroatoms. The van der Waals surface area contributed by atoms with Crippen LogP contribution >= 0.6 is 0 Å². The van der Waals surface area contributed by atoms with E-state index in [0.717, 1.165) is 22.0 Å². The number of nitrogens with one attached hydrogen (secondary N) is 1. The predicted octanol–water partition coefficient (Wildman–Crippen LogP) is 3.81. The summed E-state index contributed by atoms with van der Waals surface area (Å²) < 4.78 is 13.0. The van der Waals surface area contributed by atoms with Gasteiger partial charge < -0.3 is 9.88 Å². The molecule has 0 atom stereocenters. The normalized spacial score (nSPS) is 14.3. The van der Waals surface area contributed by atoms with E-state index in [1.54, 1.807) is 23.2 Å². The van der Waals surface area contributed by atoms with Crippen molar-refractivity contribution in [2.75, 3.05) is 13.1 Å². The van der Waals surface area contributed by atoms with Crippen LogP contribution in [0.4, 0.5) is 4.39 Å². The van der Waals surface area contributed by atoms with Crippen molar-refractivity contribution in [2.45, 2.75) is 6.42 Å². The largest absolute Gasteiger partial charge is 0.360 e. The van der Waals surface area contributed by atoms with Gasteiger partial charge in [-0.3, -0.25) is 9.59 Å². The Morgan fingerprint density at radius 3 is 2.54 bits per heavy atom. The van der Waals surface area contributed by atoms with Crippen LogP contribution < -0.4 is 0 Å². The zero-order valence-electron chi connectivity index (χ0n) is 14.0. The Balaban J connectivity index is 1.51. The van der Waals surface area contributed by atoms with Crippen LogP contribution in [0, 0.1) is 5.82 Å². The molecular weight excluding hydrogens is 331 g/mol. The van der Waals surface area contributed by atoms with Crippen LogP contribution in [0.15, 0.2) is 60.8 Å². The van der Waals surface area contributed by atoms with Gasteiger partial charge in [0.2, 0.25) is 0 Å². The number of benzene rings is 2. The van der Waals surface area contributed by atoms with Crippen molar-refractivity contribution in [3.63, 3.8) is 0 Å². The molecule has 26 heavy (non-hydrogen) atoms. The number of rotatable bonds is 3. The van der Waals surface area contributed by atoms with Crippen LogP contribution in [0.3, 0.4) is 0 Å². The summed E-state index contributed by atoms with van der Waals surface area (Å²) in [6.45, 7) is 0.843. The molecule has 1 aromatic heterocycles. The molecule has 1 aliphatic rings. The molecule has 3 aromatic rings. The third-order valence-corrected chi connectivity index (χ3v) is 4.74. The number of hydrogen-bond donors (Lipinski definition) is 1. The fourth-order valence-electron chi connectivity index (χ4n) is 3.30. The molecule has 2 aromatic carbocycles. The number of para-hydroxylation sites is 1. The number of aromatic amines is 1. The van der Waals surface area contributed by atoms with Crippen LogP contribution in [-0.4, -0.2) is 34.7 Å². The Bertz CT molecular complexity index is 1020. The maximum absolute atomic E-state index is 13.0. The molecule has 0 bridgehead atoms. The van der Waals surface area contributed by atoms with E-state index in [0.29, 0.717) is 25.1 Å². The fourth-order valence-corrected chi connectivity index (χ4v) is 3.30. The number of carbonyl (C=O) groups excluding carboxylic acids is 2. The van der Waals surface area contributed by atoms with Crippen LogP contribution in [-0.2, 0) is 4.79 Å². The Hall–Kier alpha value is -3.21. The van der Waals surface area contributed by atoms with Crippen LogP contribution in [0.25, 0.3) is 16.5 Å². The molecule has 0 radical (unpaired) electrons. The topological polar surface area (TPSA) is 53.2 Å². The minimum Gasteiger partial charge on any atom is -0.360 e. The third-order valence-electron chi connectivity index (χ3n) is 4.74. The molecule has 0 fully saturated rings. The first-order valence-electron chi connectivity index (χ1n) is 8.48. The summed E-state index contributed by atoms with van der Waals surface area (Å²) in [5.41, 5.74) is 3.25. The van der Waals surface area contributed by atoms with Crippen molar-refractivity contribution < 1.29 is 14.0 Å². The van der Waals surface area contributed by atoms with Gasteiger partial charge in [0.15, 0.2) is 0 Å². The molecule has 130 valence electrons. The first-order valence-corrected chi connectivity index (χ1v) is 8.48. The number of fused-ring (bicyclic) bond motifs is 1. The summed E-state index contributed by atoms with van der Waals surface area (Å²) in [5.74, 6) is -1.27. The quantitative estimate of drug-likeness (QED) is 0.578. The van der Waals surface area contributed by atoms with E-state index in [1.165, 1.54) is 12.1 Å². The summed E-state index contributed by atoms with van der Waals surface area (Å²) in [5, 5.41) is 0.755. The second-order valence-corrected chi connectivity index (χ2v) is 6.31. The third kappa shape index (κ3) is 2.92. The Labute approximate surface area is 149 Å². The molecule has 4 nitrogen and oxygen atoms in total. The maximum atomic E-state index is 13.0. The maximum Gasteiger partial charge on any atom is 0.295 e. The summed E-state index contributed by atoms with van der Waals surface area (Å²) in [7, 11) is 0. The molecule has 0 saturated carbocycles. The van der Waals surface area contributed by atoms with E-state index in [4.69, 9.17) is 0 Å². The van der Waals surface area contributed by atoms with E-state index in [9.17, 15) is 14.0 Å². The van der Waals surface area contributed by atoms with Crippen molar-refractivity contribution in [3.8, 4) is 0 Å². The number of carbonyl (C=O) groups is 2. The average Bonchev–Trinajstić information content (AvgIpc) is 3.12. The molecule has 0 unspecified atom stereocenters. The molecule has 1 aliphatic heterocycles. The highest BCUT2D eigenvalue weighted by Crippen LogP contribution is 2.24. The van der Waals surface area contributed by atoms with Crippen LogP contribution in [0.2, 0.25) is 0 Å². The Morgan fingerprint density at radius 2 is 1.81 bits per heavy atom. The molecule has 4 rings (SSSR count). The first-order chi connectivity index (χ1) is 12.6. The zero-order valence-corrected chi connectivity index (χ0v) is 14.0. The lowest BCUT2D eigenvalue weighted by molar-refractivity contribution is -0.126.